The standard InChI is InChI=1S/C20H23ClN2O3/c1-13(2)17-10-18(21)14(3)9-19(17)26-12-20(24)23-22-11-15-5-7-16(25-4)8-6-15/h5-11,13H,12H2,1-4H3,(H,23,24)/b22-11-. The molecule has 0 aromatic heterocycles. The van der Waals surface area contributed by atoms with Crippen molar-refractivity contribution < 1.29 is 14.3 Å². The average Bonchev–Trinajstić information content (AvgIpc) is 2.62. The van der Waals surface area contributed by atoms with Gasteiger partial charge in [0, 0.05) is 5.02 Å². The van der Waals surface area contributed by atoms with Crippen molar-refractivity contribution in [2.24, 2.45) is 5.10 Å². The van der Waals surface area contributed by atoms with E-state index < -0.39 is 0 Å². The summed E-state index contributed by atoms with van der Waals surface area (Å²) < 4.78 is 10.8. The van der Waals surface area contributed by atoms with Crippen molar-refractivity contribution >= 4 is 23.7 Å². The number of carbonyl (C=O) groups is 1. The molecule has 2 aromatic carbocycles. The molecule has 0 aliphatic carbocycles. The highest BCUT2D eigenvalue weighted by Gasteiger charge is 2.12. The zero-order chi connectivity index (χ0) is 19.1. The van der Waals surface area contributed by atoms with E-state index in [0.29, 0.717) is 10.8 Å². The molecular formula is C20H23ClN2O3. The smallest absolute Gasteiger partial charge is 0.277 e. The van der Waals surface area contributed by atoms with Gasteiger partial charge in [0.2, 0.25) is 0 Å². The summed E-state index contributed by atoms with van der Waals surface area (Å²) in [5, 5.41) is 4.62. The minimum atomic E-state index is -0.336. The fourth-order valence-corrected chi connectivity index (χ4v) is 2.46. The van der Waals surface area contributed by atoms with Gasteiger partial charge in [0.05, 0.1) is 13.3 Å². The van der Waals surface area contributed by atoms with Crippen molar-refractivity contribution in [3.8, 4) is 11.5 Å². The van der Waals surface area contributed by atoms with E-state index in [4.69, 9.17) is 21.1 Å². The van der Waals surface area contributed by atoms with Gasteiger partial charge in [-0.05, 0) is 65.9 Å². The van der Waals surface area contributed by atoms with Gasteiger partial charge < -0.3 is 9.47 Å². The number of hydrogen-bond acceptors (Lipinski definition) is 4. The maximum absolute atomic E-state index is 11.9. The van der Waals surface area contributed by atoms with E-state index in [0.717, 1.165) is 22.4 Å². The van der Waals surface area contributed by atoms with Gasteiger partial charge in [-0.1, -0.05) is 25.4 Å². The van der Waals surface area contributed by atoms with Crippen LogP contribution in [0.15, 0.2) is 41.5 Å². The van der Waals surface area contributed by atoms with Gasteiger partial charge in [-0.25, -0.2) is 5.43 Å². The number of methoxy groups -OCH3 is 1. The second-order valence-corrected chi connectivity index (χ2v) is 6.56. The van der Waals surface area contributed by atoms with E-state index in [-0.39, 0.29) is 18.4 Å². The minimum absolute atomic E-state index is 0.124. The Bertz CT molecular complexity index is 786. The average molecular weight is 375 g/mol. The van der Waals surface area contributed by atoms with Gasteiger partial charge in [0.15, 0.2) is 6.61 Å². The fraction of sp³-hybridized carbons (Fsp3) is 0.300. The molecule has 0 aliphatic rings. The Morgan fingerprint density at radius 2 is 1.96 bits per heavy atom. The number of halogens is 1. The van der Waals surface area contributed by atoms with Gasteiger partial charge >= 0.3 is 0 Å². The number of carbonyl (C=O) groups excluding carboxylic acids is 1. The molecule has 2 aromatic rings. The van der Waals surface area contributed by atoms with Crippen molar-refractivity contribution in [1.29, 1.82) is 0 Å². The molecule has 26 heavy (non-hydrogen) atoms. The fourth-order valence-electron chi connectivity index (χ4n) is 2.29. The summed E-state index contributed by atoms with van der Waals surface area (Å²) in [5.41, 5.74) is 5.18. The largest absolute Gasteiger partial charge is 0.497 e. The number of benzene rings is 2. The first-order valence-electron chi connectivity index (χ1n) is 8.29. The summed E-state index contributed by atoms with van der Waals surface area (Å²) >= 11 is 6.18. The Labute approximate surface area is 159 Å². The van der Waals surface area contributed by atoms with E-state index in [1.165, 1.54) is 0 Å². The van der Waals surface area contributed by atoms with Crippen LogP contribution in [-0.4, -0.2) is 25.8 Å². The lowest BCUT2D eigenvalue weighted by Gasteiger charge is -2.15. The maximum atomic E-state index is 11.9. The number of nitrogens with zero attached hydrogens (tertiary/aromatic N) is 1. The predicted octanol–water partition coefficient (Wildman–Crippen LogP) is 4.31. The highest BCUT2D eigenvalue weighted by molar-refractivity contribution is 6.31. The second-order valence-electron chi connectivity index (χ2n) is 6.15. The van der Waals surface area contributed by atoms with E-state index in [9.17, 15) is 4.79 Å². The van der Waals surface area contributed by atoms with E-state index >= 15 is 0 Å². The topological polar surface area (TPSA) is 59.9 Å². The molecule has 5 nitrogen and oxygen atoms in total. The molecule has 0 saturated heterocycles. The molecule has 0 heterocycles. The normalized spacial score (nSPS) is 11.0. The molecule has 1 N–H and O–H groups in total. The molecular weight excluding hydrogens is 352 g/mol. The number of nitrogens with one attached hydrogen (secondary N) is 1. The molecule has 0 saturated carbocycles. The second kappa shape index (κ2) is 9.25. The molecule has 138 valence electrons. The van der Waals surface area contributed by atoms with Crippen LogP contribution in [0.4, 0.5) is 0 Å². The molecule has 0 fully saturated rings. The van der Waals surface area contributed by atoms with Crippen LogP contribution in [0.2, 0.25) is 5.02 Å². The Hall–Kier alpha value is -2.53. The van der Waals surface area contributed by atoms with Crippen molar-refractivity contribution in [3.63, 3.8) is 0 Å². The molecule has 0 unspecified atom stereocenters. The van der Waals surface area contributed by atoms with Crippen LogP contribution in [-0.2, 0) is 4.79 Å². The molecule has 6 heteroatoms. The monoisotopic (exact) mass is 374 g/mol. The summed E-state index contributed by atoms with van der Waals surface area (Å²) in [6.45, 7) is 5.87. The number of rotatable bonds is 7. The Morgan fingerprint density at radius 1 is 1.27 bits per heavy atom. The number of hydrazone groups is 1. The lowest BCUT2D eigenvalue weighted by molar-refractivity contribution is -0.123. The van der Waals surface area contributed by atoms with Crippen LogP contribution >= 0.6 is 11.6 Å². The van der Waals surface area contributed by atoms with Gasteiger partial charge in [-0.2, -0.15) is 5.10 Å². The van der Waals surface area contributed by atoms with Crippen LogP contribution in [0, 0.1) is 6.92 Å². The molecule has 0 aliphatic heterocycles. The predicted molar refractivity (Wildman–Crippen MR) is 105 cm³/mol. The van der Waals surface area contributed by atoms with Crippen LogP contribution < -0.4 is 14.9 Å². The Kier molecular flexibility index (Phi) is 7.04. The Balaban J connectivity index is 1.92. The van der Waals surface area contributed by atoms with Gasteiger partial charge in [-0.3, -0.25) is 4.79 Å². The first kappa shape index (κ1) is 19.8. The molecule has 0 atom stereocenters. The highest BCUT2D eigenvalue weighted by atomic mass is 35.5. The van der Waals surface area contributed by atoms with E-state index in [1.807, 2.05) is 57.2 Å². The summed E-state index contributed by atoms with van der Waals surface area (Å²) in [4.78, 5) is 11.9. The van der Waals surface area contributed by atoms with Crippen molar-refractivity contribution in [1.82, 2.24) is 5.43 Å². The first-order valence-corrected chi connectivity index (χ1v) is 8.67. The highest BCUT2D eigenvalue weighted by Crippen LogP contribution is 2.31. The summed E-state index contributed by atoms with van der Waals surface area (Å²) in [5.74, 6) is 1.33. The van der Waals surface area contributed by atoms with Crippen LogP contribution in [0.1, 0.15) is 36.5 Å². The van der Waals surface area contributed by atoms with Crippen LogP contribution in [0.3, 0.4) is 0 Å². The van der Waals surface area contributed by atoms with E-state index in [1.54, 1.807) is 13.3 Å². The molecule has 0 bridgehead atoms. The van der Waals surface area contributed by atoms with Crippen molar-refractivity contribution in [2.75, 3.05) is 13.7 Å². The number of amides is 1. The quantitative estimate of drug-likeness (QED) is 0.580. The number of hydrogen-bond donors (Lipinski definition) is 1. The molecule has 0 radical (unpaired) electrons. The summed E-state index contributed by atoms with van der Waals surface area (Å²) in [6.07, 6.45) is 1.56. The lowest BCUT2D eigenvalue weighted by atomic mass is 10.0. The third-order valence-corrected chi connectivity index (χ3v) is 4.20. The third kappa shape index (κ3) is 5.49. The molecule has 0 spiro atoms. The zero-order valence-electron chi connectivity index (χ0n) is 15.4. The number of ether oxygens (including phenoxy) is 2. The zero-order valence-corrected chi connectivity index (χ0v) is 16.1. The molecule has 2 rings (SSSR count). The minimum Gasteiger partial charge on any atom is -0.497 e. The summed E-state index contributed by atoms with van der Waals surface area (Å²) in [6, 6.07) is 11.1. The first-order chi connectivity index (χ1) is 12.4. The SMILES string of the molecule is COc1ccc(/C=N\NC(=O)COc2cc(C)c(Cl)cc2C(C)C)cc1. The van der Waals surface area contributed by atoms with Gasteiger partial charge in [0.25, 0.3) is 5.91 Å². The third-order valence-electron chi connectivity index (χ3n) is 3.79. The van der Waals surface area contributed by atoms with Crippen LogP contribution in [0.25, 0.3) is 0 Å². The van der Waals surface area contributed by atoms with Crippen LogP contribution in [0.5, 0.6) is 11.5 Å². The van der Waals surface area contributed by atoms with Crippen molar-refractivity contribution in [3.05, 3.63) is 58.1 Å². The maximum Gasteiger partial charge on any atom is 0.277 e. The lowest BCUT2D eigenvalue weighted by Crippen LogP contribution is -2.25. The van der Waals surface area contributed by atoms with Gasteiger partial charge in [-0.15, -0.1) is 0 Å². The number of aryl methyl sites for hydroxylation is 1. The Morgan fingerprint density at radius 3 is 2.58 bits per heavy atom. The molecule has 1 amide bonds. The summed E-state index contributed by atoms with van der Waals surface area (Å²) in [7, 11) is 1.61. The van der Waals surface area contributed by atoms with Crippen molar-refractivity contribution in [2.45, 2.75) is 26.7 Å². The van der Waals surface area contributed by atoms with E-state index in [2.05, 4.69) is 10.5 Å². The van der Waals surface area contributed by atoms with Gasteiger partial charge in [0.1, 0.15) is 11.5 Å².